The second-order valence-electron chi connectivity index (χ2n) is 15.0. The lowest BCUT2D eigenvalue weighted by Crippen LogP contribution is -2.65. The van der Waals surface area contributed by atoms with Crippen molar-refractivity contribution in [3.8, 4) is 34.1 Å². The quantitative estimate of drug-likeness (QED) is 0.0871. The number of carboxylic acids is 1. The summed E-state index contributed by atoms with van der Waals surface area (Å²) >= 11 is 0. The van der Waals surface area contributed by atoms with Gasteiger partial charge in [0.15, 0.2) is 30.2 Å². The van der Waals surface area contributed by atoms with E-state index in [2.05, 4.69) is 10.6 Å². The summed E-state index contributed by atoms with van der Waals surface area (Å²) in [6, 6.07) is 1.28. The number of aliphatic carboxylic acids is 1. The number of ether oxygens (including phenoxy) is 4. The molecule has 0 unspecified atom stereocenters. The monoisotopic (exact) mass is 842 g/mol. The van der Waals surface area contributed by atoms with Crippen LogP contribution < -0.4 is 10.6 Å². The molecule has 0 bridgehead atoms. The van der Waals surface area contributed by atoms with Crippen LogP contribution in [-0.2, 0) is 23.7 Å². The van der Waals surface area contributed by atoms with Gasteiger partial charge in [-0.2, -0.15) is 0 Å². The number of carboxylic acid groups (broad SMARTS) is 1. The summed E-state index contributed by atoms with van der Waals surface area (Å²) < 4.78 is 23.7. The Morgan fingerprint density at radius 3 is 2.13 bits per heavy atom. The van der Waals surface area contributed by atoms with Crippen LogP contribution in [0.15, 0.2) is 24.3 Å². The number of carbonyl (C=O) groups excluding carboxylic acids is 3. The Balaban J connectivity index is 1.37. The number of aryl methyl sites for hydroxylation is 1. The number of aromatic hydroxyl groups is 4. The highest BCUT2D eigenvalue weighted by atomic mass is 16.7. The average Bonchev–Trinajstić information content (AvgIpc) is 3.18. The zero-order valence-corrected chi connectivity index (χ0v) is 31.8. The lowest BCUT2D eigenvalue weighted by Gasteiger charge is -2.47. The first-order valence-electron chi connectivity index (χ1n) is 18.5. The van der Waals surface area contributed by atoms with Gasteiger partial charge in [0.1, 0.15) is 65.7 Å². The molecule has 2 aliphatic heterocycles. The number of benzene rings is 3. The van der Waals surface area contributed by atoms with E-state index in [9.17, 15) is 75.3 Å². The SMILES string of the molecule is CN[C@@H]1[C@H](O[C@@H]2OC[C@@H](O)[C@H](O)[C@H]2O)[C@@H](O)[C@H](O[C@H]2c3cc(C)c(C(=O)N[C@H](CO)C(=O)O)c(O)c3-c3c(cc4c(c3O)C(=O)c3cc(O)cc(O)c3C4=O)[C@@H]2O)O[C@@H]1C. The van der Waals surface area contributed by atoms with Gasteiger partial charge >= 0.3 is 5.97 Å². The van der Waals surface area contributed by atoms with Gasteiger partial charge in [-0.25, -0.2) is 4.79 Å². The molecule has 3 aromatic carbocycles. The number of aliphatic hydroxyl groups is 6. The van der Waals surface area contributed by atoms with Crippen LogP contribution in [0.25, 0.3) is 11.1 Å². The fraction of sp³-hybridized carbons (Fsp3) is 0.436. The highest BCUT2D eigenvalue weighted by Crippen LogP contribution is 2.57. The molecule has 1 amide bonds. The first-order valence-corrected chi connectivity index (χ1v) is 18.5. The molecule has 7 rings (SSSR count). The van der Waals surface area contributed by atoms with Gasteiger partial charge in [0.05, 0.1) is 42.0 Å². The van der Waals surface area contributed by atoms with Crippen molar-refractivity contribution in [2.24, 2.45) is 0 Å². The number of hydrogen-bond acceptors (Lipinski definition) is 19. The molecular weight excluding hydrogens is 800 g/mol. The molecular formula is C39H42N2O19. The van der Waals surface area contributed by atoms with Crippen LogP contribution in [0.1, 0.15) is 78.0 Å². The Bertz CT molecular complexity index is 2280. The minimum atomic E-state index is -1.95. The third-order valence-electron chi connectivity index (χ3n) is 11.3. The number of fused-ring (bicyclic) bond motifs is 5. The third-order valence-corrected chi connectivity index (χ3v) is 11.3. The standard InChI is InChI=1S/C39H42N2O19/c1-10-4-16-23(30(50)20(10)36(54)41-17(8-42)37(55)56)22-14(7-15-24(31(22)51)27(47)13-5-12(43)6-18(44)21(13)26(15)46)28(48)34(16)59-39-33(53)35(25(40-3)11(2)58-39)60-38-32(52)29(49)19(45)9-57-38/h4-7,11,17,19,25,28-29,32-35,38-40,42-45,48-53H,8-9H2,1-3H3,(H,41,54)(H,55,56)/t11-,17-,19-,25+,28+,29+,32-,33-,34+,35+,38+,39+/m1/s1. The van der Waals surface area contributed by atoms with Crippen molar-refractivity contribution in [2.45, 2.75) is 87.3 Å². The second-order valence-corrected chi connectivity index (χ2v) is 15.0. The predicted octanol–water partition coefficient (Wildman–Crippen LogP) is -1.94. The number of amides is 1. The van der Waals surface area contributed by atoms with E-state index in [0.717, 1.165) is 18.2 Å². The van der Waals surface area contributed by atoms with Gasteiger partial charge < -0.3 is 85.8 Å². The maximum atomic E-state index is 13.9. The summed E-state index contributed by atoms with van der Waals surface area (Å²) in [7, 11) is 1.52. The molecule has 2 aliphatic carbocycles. The van der Waals surface area contributed by atoms with Gasteiger partial charge in [-0.15, -0.1) is 0 Å². The van der Waals surface area contributed by atoms with E-state index >= 15 is 0 Å². The van der Waals surface area contributed by atoms with Gasteiger partial charge in [-0.1, -0.05) is 6.07 Å². The average molecular weight is 843 g/mol. The Morgan fingerprint density at radius 2 is 1.48 bits per heavy atom. The normalized spacial score (nSPS) is 30.1. The van der Waals surface area contributed by atoms with Gasteiger partial charge in [0.25, 0.3) is 5.91 Å². The van der Waals surface area contributed by atoms with Crippen molar-refractivity contribution in [1.82, 2.24) is 10.6 Å². The molecule has 21 heteroatoms. The van der Waals surface area contributed by atoms with Crippen molar-refractivity contribution in [3.05, 3.63) is 68.8 Å². The number of phenols is 4. The third kappa shape index (κ3) is 6.82. The molecule has 2 fully saturated rings. The Hall–Kier alpha value is -5.30. The molecule has 2 heterocycles. The summed E-state index contributed by atoms with van der Waals surface area (Å²) in [5.74, 6) is -8.16. The molecule has 13 N–H and O–H groups in total. The maximum absolute atomic E-state index is 13.9. The van der Waals surface area contributed by atoms with Crippen LogP contribution in [0.5, 0.6) is 23.0 Å². The number of phenolic OH excluding ortho intramolecular Hbond substituents is 4. The lowest BCUT2D eigenvalue weighted by molar-refractivity contribution is -0.339. The summed E-state index contributed by atoms with van der Waals surface area (Å²) in [5, 5.41) is 123. The van der Waals surface area contributed by atoms with Crippen molar-refractivity contribution in [3.63, 3.8) is 0 Å². The van der Waals surface area contributed by atoms with Crippen LogP contribution in [0, 0.1) is 6.92 Å². The van der Waals surface area contributed by atoms with Crippen molar-refractivity contribution < 1.29 is 94.3 Å². The number of rotatable bonds is 9. The number of likely N-dealkylation sites (N-methyl/N-ethyl adjacent to an activating group) is 1. The summed E-state index contributed by atoms with van der Waals surface area (Å²) in [4.78, 5) is 53.1. The van der Waals surface area contributed by atoms with Crippen LogP contribution >= 0.6 is 0 Å². The van der Waals surface area contributed by atoms with Gasteiger partial charge in [-0.3, -0.25) is 14.4 Å². The van der Waals surface area contributed by atoms with Gasteiger partial charge in [0, 0.05) is 28.3 Å². The van der Waals surface area contributed by atoms with Gasteiger partial charge in [0.2, 0.25) is 0 Å². The number of carbonyl (C=O) groups is 4. The van der Waals surface area contributed by atoms with E-state index in [0.29, 0.717) is 0 Å². The van der Waals surface area contributed by atoms with Crippen LogP contribution in [0.2, 0.25) is 0 Å². The molecule has 21 nitrogen and oxygen atoms in total. The van der Waals surface area contributed by atoms with Crippen molar-refractivity contribution >= 4 is 23.4 Å². The minimum Gasteiger partial charge on any atom is -0.508 e. The van der Waals surface area contributed by atoms with E-state index in [1.165, 1.54) is 20.0 Å². The van der Waals surface area contributed by atoms with E-state index in [1.54, 1.807) is 6.92 Å². The highest BCUT2D eigenvalue weighted by Gasteiger charge is 2.51. The number of ketones is 2. The Kier molecular flexibility index (Phi) is 11.4. The fourth-order valence-corrected chi connectivity index (χ4v) is 8.28. The molecule has 0 saturated carbocycles. The molecule has 322 valence electrons. The number of nitrogens with one attached hydrogen (secondary N) is 2. The summed E-state index contributed by atoms with van der Waals surface area (Å²) in [6.45, 7) is 1.42. The molecule has 0 aromatic heterocycles. The summed E-state index contributed by atoms with van der Waals surface area (Å²) in [6.07, 6.45) is -15.8. The van der Waals surface area contributed by atoms with Crippen molar-refractivity contribution in [2.75, 3.05) is 20.3 Å². The molecule has 2 saturated heterocycles. The molecule has 3 aromatic rings. The van der Waals surface area contributed by atoms with Gasteiger partial charge in [-0.05, 0) is 49.7 Å². The topological polar surface area (TPSA) is 352 Å². The first kappa shape index (κ1) is 42.8. The van der Waals surface area contributed by atoms with Crippen LogP contribution in [-0.4, -0.2) is 161 Å². The zero-order chi connectivity index (χ0) is 43.8. The fourth-order valence-electron chi connectivity index (χ4n) is 8.28. The molecule has 0 spiro atoms. The highest BCUT2D eigenvalue weighted by molar-refractivity contribution is 6.31. The lowest BCUT2D eigenvalue weighted by atomic mass is 9.74. The molecule has 12 atom stereocenters. The number of hydrogen-bond donors (Lipinski definition) is 13. The zero-order valence-electron chi connectivity index (χ0n) is 31.8. The van der Waals surface area contributed by atoms with E-state index in [-0.39, 0.29) is 16.7 Å². The first-order chi connectivity index (χ1) is 28.3. The Morgan fingerprint density at radius 1 is 0.833 bits per heavy atom. The van der Waals surface area contributed by atoms with Crippen molar-refractivity contribution in [1.29, 1.82) is 0 Å². The minimum absolute atomic E-state index is 0.0576. The largest absolute Gasteiger partial charge is 0.508 e. The molecule has 0 radical (unpaired) electrons. The van der Waals surface area contributed by atoms with Crippen LogP contribution in [0.4, 0.5) is 0 Å². The van der Waals surface area contributed by atoms with E-state index < -0.39 is 172 Å². The second kappa shape index (κ2) is 15.9. The summed E-state index contributed by atoms with van der Waals surface area (Å²) in [5.41, 5.74) is -4.30. The van der Waals surface area contributed by atoms with Crippen LogP contribution in [0.3, 0.4) is 0 Å². The molecule has 4 aliphatic rings. The maximum Gasteiger partial charge on any atom is 0.328 e. The smallest absolute Gasteiger partial charge is 0.328 e. The number of aliphatic hydroxyl groups excluding tert-OH is 6. The predicted molar refractivity (Wildman–Crippen MR) is 197 cm³/mol. The van der Waals surface area contributed by atoms with E-state index in [1.807, 2.05) is 0 Å². The molecule has 60 heavy (non-hydrogen) atoms. The Labute approximate surface area is 338 Å². The van der Waals surface area contributed by atoms with E-state index in [4.69, 9.17) is 18.9 Å².